The van der Waals surface area contributed by atoms with Crippen molar-refractivity contribution >= 4 is 34.8 Å². The normalized spacial score (nSPS) is 15.6. The van der Waals surface area contributed by atoms with Crippen LogP contribution in [-0.4, -0.2) is 39.6 Å². The van der Waals surface area contributed by atoms with E-state index in [0.717, 1.165) is 42.5 Å². The summed E-state index contributed by atoms with van der Waals surface area (Å²) in [5.41, 5.74) is 0.850. The number of carbonyl (C=O) groups is 2. The molecule has 1 unspecified atom stereocenters. The lowest BCUT2D eigenvalue weighted by Gasteiger charge is -2.36. The molecular formula is C23H28ClFN2O2S. The summed E-state index contributed by atoms with van der Waals surface area (Å²) >= 11 is 7.70. The highest BCUT2D eigenvalue weighted by Gasteiger charge is 2.31. The zero-order valence-electron chi connectivity index (χ0n) is 17.2. The van der Waals surface area contributed by atoms with E-state index in [2.05, 4.69) is 0 Å². The van der Waals surface area contributed by atoms with Crippen molar-refractivity contribution in [1.29, 1.82) is 0 Å². The van der Waals surface area contributed by atoms with Crippen molar-refractivity contribution in [2.75, 3.05) is 6.54 Å². The van der Waals surface area contributed by atoms with E-state index in [-0.39, 0.29) is 30.2 Å². The predicted molar refractivity (Wildman–Crippen MR) is 119 cm³/mol. The average molecular weight is 451 g/mol. The van der Waals surface area contributed by atoms with E-state index < -0.39 is 5.38 Å². The third-order valence-corrected chi connectivity index (χ3v) is 6.56. The SMILES string of the molecule is CC(Cl)C(=O)N(CC(=O)N(Cc1ccc(F)cc1)Cc1cccs1)C1CCCCC1. The Morgan fingerprint density at radius 3 is 2.43 bits per heavy atom. The first-order chi connectivity index (χ1) is 14.4. The van der Waals surface area contributed by atoms with E-state index >= 15 is 0 Å². The monoisotopic (exact) mass is 450 g/mol. The first-order valence-electron chi connectivity index (χ1n) is 10.4. The van der Waals surface area contributed by atoms with Crippen LogP contribution in [-0.2, 0) is 22.7 Å². The molecule has 1 aromatic carbocycles. The summed E-state index contributed by atoms with van der Waals surface area (Å²) < 4.78 is 13.3. The fourth-order valence-corrected chi connectivity index (χ4v) is 4.73. The van der Waals surface area contributed by atoms with Crippen LogP contribution in [0.5, 0.6) is 0 Å². The van der Waals surface area contributed by atoms with Gasteiger partial charge in [0.05, 0.1) is 6.54 Å². The number of amides is 2. The molecule has 1 heterocycles. The number of thiophene rings is 1. The predicted octanol–water partition coefficient (Wildman–Crippen LogP) is 5.20. The molecule has 0 saturated heterocycles. The van der Waals surface area contributed by atoms with Crippen molar-refractivity contribution in [3.05, 3.63) is 58.0 Å². The number of carbonyl (C=O) groups excluding carboxylic acids is 2. The first-order valence-corrected chi connectivity index (χ1v) is 11.7. The fourth-order valence-electron chi connectivity index (χ4n) is 3.89. The van der Waals surface area contributed by atoms with Crippen molar-refractivity contribution in [2.24, 2.45) is 0 Å². The van der Waals surface area contributed by atoms with Gasteiger partial charge in [-0.3, -0.25) is 9.59 Å². The van der Waals surface area contributed by atoms with Gasteiger partial charge in [0.15, 0.2) is 0 Å². The van der Waals surface area contributed by atoms with Gasteiger partial charge in [0.25, 0.3) is 0 Å². The van der Waals surface area contributed by atoms with Crippen molar-refractivity contribution in [3.63, 3.8) is 0 Å². The van der Waals surface area contributed by atoms with Crippen LogP contribution in [0.1, 0.15) is 49.5 Å². The second-order valence-corrected chi connectivity index (χ2v) is 9.52. The van der Waals surface area contributed by atoms with Gasteiger partial charge in [-0.2, -0.15) is 0 Å². The Bertz CT molecular complexity index is 820. The molecule has 7 heteroatoms. The number of rotatable bonds is 8. The highest BCUT2D eigenvalue weighted by Crippen LogP contribution is 2.24. The summed E-state index contributed by atoms with van der Waals surface area (Å²) in [5.74, 6) is -0.612. The molecule has 0 spiro atoms. The minimum atomic E-state index is -0.664. The maximum absolute atomic E-state index is 13.3. The topological polar surface area (TPSA) is 40.6 Å². The van der Waals surface area contributed by atoms with E-state index in [1.54, 1.807) is 40.2 Å². The van der Waals surface area contributed by atoms with Crippen molar-refractivity contribution in [2.45, 2.75) is 63.5 Å². The molecule has 1 aliphatic rings. The van der Waals surface area contributed by atoms with Gasteiger partial charge in [0.2, 0.25) is 11.8 Å². The summed E-state index contributed by atoms with van der Waals surface area (Å²) in [4.78, 5) is 30.6. The van der Waals surface area contributed by atoms with Crippen LogP contribution in [0.15, 0.2) is 41.8 Å². The molecule has 30 heavy (non-hydrogen) atoms. The summed E-state index contributed by atoms with van der Waals surface area (Å²) in [5, 5.41) is 1.31. The number of nitrogens with zero attached hydrogens (tertiary/aromatic N) is 2. The van der Waals surface area contributed by atoms with Crippen LogP contribution in [0.4, 0.5) is 4.39 Å². The van der Waals surface area contributed by atoms with E-state index in [1.807, 2.05) is 17.5 Å². The largest absolute Gasteiger partial charge is 0.332 e. The van der Waals surface area contributed by atoms with Gasteiger partial charge < -0.3 is 9.80 Å². The molecule has 1 fully saturated rings. The molecule has 0 bridgehead atoms. The van der Waals surface area contributed by atoms with Gasteiger partial charge in [-0.15, -0.1) is 22.9 Å². The summed E-state index contributed by atoms with van der Waals surface area (Å²) in [6.45, 7) is 2.50. The summed E-state index contributed by atoms with van der Waals surface area (Å²) in [7, 11) is 0. The van der Waals surface area contributed by atoms with Crippen LogP contribution in [0.2, 0.25) is 0 Å². The van der Waals surface area contributed by atoms with E-state index in [0.29, 0.717) is 13.1 Å². The Morgan fingerprint density at radius 1 is 1.13 bits per heavy atom. The maximum atomic E-state index is 13.3. The zero-order valence-corrected chi connectivity index (χ0v) is 18.8. The molecule has 4 nitrogen and oxygen atoms in total. The van der Waals surface area contributed by atoms with E-state index in [4.69, 9.17) is 11.6 Å². The van der Waals surface area contributed by atoms with Gasteiger partial charge in [0.1, 0.15) is 17.7 Å². The van der Waals surface area contributed by atoms with Gasteiger partial charge in [0, 0.05) is 17.5 Å². The smallest absolute Gasteiger partial charge is 0.242 e. The standard InChI is InChI=1S/C23H28ClFN2O2S/c1-17(24)23(29)27(20-6-3-2-4-7-20)16-22(28)26(15-21-8-5-13-30-21)14-18-9-11-19(25)12-10-18/h5,8-13,17,20H,2-4,6-7,14-16H2,1H3. The van der Waals surface area contributed by atoms with Gasteiger partial charge in [-0.1, -0.05) is 37.5 Å². The highest BCUT2D eigenvalue weighted by molar-refractivity contribution is 7.09. The Kier molecular flexibility index (Phi) is 8.28. The van der Waals surface area contributed by atoms with Crippen molar-refractivity contribution in [1.82, 2.24) is 9.80 Å². The molecule has 0 aliphatic heterocycles. The fraction of sp³-hybridized carbons (Fsp3) is 0.478. The Balaban J connectivity index is 1.78. The number of benzene rings is 1. The number of halogens is 2. The minimum Gasteiger partial charge on any atom is -0.332 e. The summed E-state index contributed by atoms with van der Waals surface area (Å²) in [6, 6.07) is 10.2. The average Bonchev–Trinajstić information content (AvgIpc) is 3.26. The number of alkyl halides is 1. The Labute approximate surface area is 186 Å². The van der Waals surface area contributed by atoms with E-state index in [1.165, 1.54) is 12.1 Å². The quantitative estimate of drug-likeness (QED) is 0.518. The third kappa shape index (κ3) is 6.29. The van der Waals surface area contributed by atoms with Crippen LogP contribution in [0.25, 0.3) is 0 Å². The van der Waals surface area contributed by atoms with Crippen LogP contribution in [0, 0.1) is 5.82 Å². The summed E-state index contributed by atoms with van der Waals surface area (Å²) in [6.07, 6.45) is 5.11. The lowest BCUT2D eigenvalue weighted by molar-refractivity contribution is -0.143. The molecule has 162 valence electrons. The Morgan fingerprint density at radius 2 is 1.83 bits per heavy atom. The number of hydrogen-bond acceptors (Lipinski definition) is 3. The molecule has 1 aromatic heterocycles. The molecule has 0 radical (unpaired) electrons. The minimum absolute atomic E-state index is 0.0210. The van der Waals surface area contributed by atoms with E-state index in [9.17, 15) is 14.0 Å². The third-order valence-electron chi connectivity index (χ3n) is 5.51. The lowest BCUT2D eigenvalue weighted by Crippen LogP contribution is -2.49. The van der Waals surface area contributed by atoms with Gasteiger partial charge in [-0.25, -0.2) is 4.39 Å². The van der Waals surface area contributed by atoms with Gasteiger partial charge in [-0.05, 0) is 48.9 Å². The Hall–Kier alpha value is -1.92. The lowest BCUT2D eigenvalue weighted by atomic mass is 9.94. The molecule has 3 rings (SSSR count). The van der Waals surface area contributed by atoms with Crippen LogP contribution < -0.4 is 0 Å². The molecule has 1 saturated carbocycles. The van der Waals surface area contributed by atoms with Gasteiger partial charge >= 0.3 is 0 Å². The highest BCUT2D eigenvalue weighted by atomic mass is 35.5. The molecular weight excluding hydrogens is 423 g/mol. The molecule has 2 aromatic rings. The zero-order chi connectivity index (χ0) is 21.5. The van der Waals surface area contributed by atoms with Crippen molar-refractivity contribution < 1.29 is 14.0 Å². The van der Waals surface area contributed by atoms with Crippen molar-refractivity contribution in [3.8, 4) is 0 Å². The molecule has 2 amide bonds. The molecule has 1 aliphatic carbocycles. The molecule has 0 N–H and O–H groups in total. The maximum Gasteiger partial charge on any atom is 0.242 e. The second kappa shape index (κ2) is 10.9. The first kappa shape index (κ1) is 22.8. The molecule has 1 atom stereocenters. The van der Waals surface area contributed by atoms with Crippen LogP contribution in [0.3, 0.4) is 0 Å². The number of hydrogen-bond donors (Lipinski definition) is 0. The van der Waals surface area contributed by atoms with Crippen LogP contribution >= 0.6 is 22.9 Å². The second-order valence-electron chi connectivity index (χ2n) is 7.83.